The van der Waals surface area contributed by atoms with Crippen LogP contribution in [0, 0.1) is 0 Å². The van der Waals surface area contributed by atoms with Gasteiger partial charge in [0.05, 0.1) is 16.3 Å². The van der Waals surface area contributed by atoms with Crippen molar-refractivity contribution in [3.05, 3.63) is 58.1 Å². The molecule has 2 aromatic carbocycles. The summed E-state index contributed by atoms with van der Waals surface area (Å²) < 4.78 is 5.43. The number of para-hydroxylation sites is 1. The molecule has 7 heteroatoms. The predicted octanol–water partition coefficient (Wildman–Crippen LogP) is 4.68. The smallest absolute Gasteiger partial charge is 0.262 e. The van der Waals surface area contributed by atoms with Gasteiger partial charge < -0.3 is 15.4 Å². The highest BCUT2D eigenvalue weighted by molar-refractivity contribution is 6.35. The average Bonchev–Trinajstić information content (AvgIpc) is 3.14. The van der Waals surface area contributed by atoms with E-state index in [2.05, 4.69) is 10.6 Å². The van der Waals surface area contributed by atoms with Gasteiger partial charge >= 0.3 is 0 Å². The van der Waals surface area contributed by atoms with Crippen LogP contribution in [-0.2, 0) is 4.79 Å². The van der Waals surface area contributed by atoms with Crippen LogP contribution in [0.3, 0.4) is 0 Å². The average molecular weight is 407 g/mol. The molecule has 2 amide bonds. The molecule has 0 unspecified atom stereocenters. The Morgan fingerprint density at radius 2 is 1.81 bits per heavy atom. The first kappa shape index (κ1) is 19.5. The maximum absolute atomic E-state index is 12.5. The van der Waals surface area contributed by atoms with E-state index in [4.69, 9.17) is 27.9 Å². The van der Waals surface area contributed by atoms with E-state index < -0.39 is 0 Å². The molecule has 0 aliphatic heterocycles. The molecule has 1 aliphatic rings. The maximum Gasteiger partial charge on any atom is 0.262 e. The molecule has 142 valence electrons. The van der Waals surface area contributed by atoms with Gasteiger partial charge in [-0.25, -0.2) is 0 Å². The van der Waals surface area contributed by atoms with Crippen molar-refractivity contribution < 1.29 is 14.3 Å². The molecule has 3 rings (SSSR count). The molecule has 1 aliphatic carbocycles. The Morgan fingerprint density at radius 1 is 1.07 bits per heavy atom. The second kappa shape index (κ2) is 9.11. The predicted molar refractivity (Wildman–Crippen MR) is 107 cm³/mol. The summed E-state index contributed by atoms with van der Waals surface area (Å²) in [4.78, 5) is 24.8. The van der Waals surface area contributed by atoms with E-state index >= 15 is 0 Å². The zero-order valence-electron chi connectivity index (χ0n) is 14.6. The molecular formula is C20H20Cl2N2O3. The highest BCUT2D eigenvalue weighted by atomic mass is 35.5. The number of hydrogen-bond acceptors (Lipinski definition) is 3. The van der Waals surface area contributed by atoms with Gasteiger partial charge in [-0.2, -0.15) is 0 Å². The Kier molecular flexibility index (Phi) is 6.58. The largest absolute Gasteiger partial charge is 0.482 e. The van der Waals surface area contributed by atoms with E-state index in [0.717, 1.165) is 25.7 Å². The minimum Gasteiger partial charge on any atom is -0.482 e. The van der Waals surface area contributed by atoms with E-state index in [9.17, 15) is 9.59 Å². The number of ether oxygens (including phenoxy) is 1. The Balaban J connectivity index is 1.61. The van der Waals surface area contributed by atoms with Crippen molar-refractivity contribution in [2.45, 2.75) is 31.7 Å². The molecule has 0 atom stereocenters. The summed E-state index contributed by atoms with van der Waals surface area (Å²) in [6.07, 6.45) is 4.26. The Morgan fingerprint density at radius 3 is 2.56 bits per heavy atom. The van der Waals surface area contributed by atoms with Gasteiger partial charge in [0.1, 0.15) is 5.75 Å². The lowest BCUT2D eigenvalue weighted by atomic mass is 10.1. The van der Waals surface area contributed by atoms with E-state index in [1.165, 1.54) is 0 Å². The number of rotatable bonds is 6. The molecular weight excluding hydrogens is 387 g/mol. The third-order valence-corrected chi connectivity index (χ3v) is 4.92. The summed E-state index contributed by atoms with van der Waals surface area (Å²) in [5, 5.41) is 6.56. The number of nitrogens with one attached hydrogen (secondary N) is 2. The van der Waals surface area contributed by atoms with E-state index in [-0.39, 0.29) is 24.5 Å². The normalized spacial score (nSPS) is 14.0. The Labute approximate surface area is 168 Å². The first-order chi connectivity index (χ1) is 13.0. The summed E-state index contributed by atoms with van der Waals surface area (Å²) in [6, 6.07) is 11.9. The third-order valence-electron chi connectivity index (χ3n) is 4.39. The van der Waals surface area contributed by atoms with Gasteiger partial charge in [-0.15, -0.1) is 0 Å². The molecule has 1 saturated carbocycles. The lowest BCUT2D eigenvalue weighted by Crippen LogP contribution is -2.33. The van der Waals surface area contributed by atoms with Crippen molar-refractivity contribution in [3.8, 4) is 5.75 Å². The highest BCUT2D eigenvalue weighted by Gasteiger charge is 2.20. The second-order valence-electron chi connectivity index (χ2n) is 6.41. The van der Waals surface area contributed by atoms with Crippen LogP contribution >= 0.6 is 23.2 Å². The second-order valence-corrected chi connectivity index (χ2v) is 7.26. The van der Waals surface area contributed by atoms with Gasteiger partial charge in [0, 0.05) is 11.1 Å². The first-order valence-corrected chi connectivity index (χ1v) is 9.56. The van der Waals surface area contributed by atoms with Gasteiger partial charge in [-0.05, 0) is 43.2 Å². The van der Waals surface area contributed by atoms with Crippen LogP contribution in [0.4, 0.5) is 5.69 Å². The van der Waals surface area contributed by atoms with Crippen molar-refractivity contribution in [1.82, 2.24) is 5.32 Å². The molecule has 0 spiro atoms. The van der Waals surface area contributed by atoms with Crippen molar-refractivity contribution in [2.75, 3.05) is 11.9 Å². The summed E-state index contributed by atoms with van der Waals surface area (Å²) in [7, 11) is 0. The number of anilines is 1. The lowest BCUT2D eigenvalue weighted by Gasteiger charge is -2.15. The SMILES string of the molecule is O=C(COc1ccc(Cl)cc1Cl)Nc1ccccc1C(=O)NC1CCCC1. The molecule has 2 aromatic rings. The topological polar surface area (TPSA) is 67.4 Å². The molecule has 0 heterocycles. The standard InChI is InChI=1S/C20H20Cl2N2O3/c21-13-9-10-18(16(22)11-13)27-12-19(25)24-17-8-4-3-7-15(17)20(26)23-14-5-1-2-6-14/h3-4,7-11,14H,1-2,5-6,12H2,(H,23,26)(H,24,25). The highest BCUT2D eigenvalue weighted by Crippen LogP contribution is 2.27. The van der Waals surface area contributed by atoms with Crippen LogP contribution in [0.1, 0.15) is 36.0 Å². The van der Waals surface area contributed by atoms with Gasteiger partial charge in [-0.1, -0.05) is 48.2 Å². The van der Waals surface area contributed by atoms with Crippen molar-refractivity contribution >= 4 is 40.7 Å². The molecule has 0 bridgehead atoms. The number of benzene rings is 2. The maximum atomic E-state index is 12.5. The molecule has 0 radical (unpaired) electrons. The number of carbonyl (C=O) groups is 2. The number of halogens is 2. The van der Waals surface area contributed by atoms with Crippen molar-refractivity contribution in [2.24, 2.45) is 0 Å². The molecule has 1 fully saturated rings. The van der Waals surface area contributed by atoms with E-state index in [0.29, 0.717) is 27.0 Å². The zero-order valence-corrected chi connectivity index (χ0v) is 16.1. The molecule has 5 nitrogen and oxygen atoms in total. The quantitative estimate of drug-likeness (QED) is 0.731. The fraction of sp³-hybridized carbons (Fsp3) is 0.300. The lowest BCUT2D eigenvalue weighted by molar-refractivity contribution is -0.118. The summed E-state index contributed by atoms with van der Waals surface area (Å²) in [5.41, 5.74) is 0.881. The van der Waals surface area contributed by atoms with Crippen LogP contribution in [0.25, 0.3) is 0 Å². The van der Waals surface area contributed by atoms with Crippen LogP contribution < -0.4 is 15.4 Å². The van der Waals surface area contributed by atoms with E-state index in [1.54, 1.807) is 42.5 Å². The summed E-state index contributed by atoms with van der Waals surface area (Å²) in [5.74, 6) is -0.204. The van der Waals surface area contributed by atoms with Crippen molar-refractivity contribution in [3.63, 3.8) is 0 Å². The number of hydrogen-bond donors (Lipinski definition) is 2. The number of amides is 2. The summed E-state index contributed by atoms with van der Waals surface area (Å²) in [6.45, 7) is -0.236. The van der Waals surface area contributed by atoms with Crippen LogP contribution in [-0.4, -0.2) is 24.5 Å². The summed E-state index contributed by atoms with van der Waals surface area (Å²) >= 11 is 11.9. The van der Waals surface area contributed by atoms with Gasteiger partial charge in [0.25, 0.3) is 11.8 Å². The number of carbonyl (C=O) groups excluding carboxylic acids is 2. The van der Waals surface area contributed by atoms with Gasteiger partial charge in [0.2, 0.25) is 0 Å². The molecule has 0 aromatic heterocycles. The van der Waals surface area contributed by atoms with Crippen LogP contribution in [0.5, 0.6) is 5.75 Å². The van der Waals surface area contributed by atoms with E-state index in [1.807, 2.05) is 0 Å². The first-order valence-electron chi connectivity index (χ1n) is 8.80. The fourth-order valence-corrected chi connectivity index (χ4v) is 3.51. The minimum absolute atomic E-state index is 0.181. The monoisotopic (exact) mass is 406 g/mol. The van der Waals surface area contributed by atoms with Gasteiger partial charge in [-0.3, -0.25) is 9.59 Å². The molecule has 27 heavy (non-hydrogen) atoms. The van der Waals surface area contributed by atoms with Crippen molar-refractivity contribution in [1.29, 1.82) is 0 Å². The third kappa shape index (κ3) is 5.37. The van der Waals surface area contributed by atoms with Crippen LogP contribution in [0.15, 0.2) is 42.5 Å². The Hall–Kier alpha value is -2.24. The van der Waals surface area contributed by atoms with Crippen LogP contribution in [0.2, 0.25) is 10.0 Å². The zero-order chi connectivity index (χ0) is 19.2. The Bertz CT molecular complexity index is 836. The molecule has 0 saturated heterocycles. The molecule has 2 N–H and O–H groups in total. The fourth-order valence-electron chi connectivity index (χ4n) is 3.05. The minimum atomic E-state index is -0.387. The van der Waals surface area contributed by atoms with Gasteiger partial charge in [0.15, 0.2) is 6.61 Å².